The number of aromatic nitrogens is 1. The average molecular weight is 266 g/mol. The van der Waals surface area contributed by atoms with E-state index in [1.807, 2.05) is 36.4 Å². The maximum atomic E-state index is 10.7. The summed E-state index contributed by atoms with van der Waals surface area (Å²) in [6, 6.07) is 14.1. The van der Waals surface area contributed by atoms with Gasteiger partial charge in [0.1, 0.15) is 5.52 Å². The molecule has 5 nitrogen and oxygen atoms in total. The lowest BCUT2D eigenvalue weighted by Crippen LogP contribution is -1.86. The highest BCUT2D eigenvalue weighted by Crippen LogP contribution is 2.22. The summed E-state index contributed by atoms with van der Waals surface area (Å²) >= 11 is 0. The van der Waals surface area contributed by atoms with Crippen LogP contribution in [-0.2, 0) is 0 Å². The van der Waals surface area contributed by atoms with E-state index >= 15 is 0 Å². The van der Waals surface area contributed by atoms with E-state index in [0.717, 1.165) is 5.56 Å². The summed E-state index contributed by atoms with van der Waals surface area (Å²) < 4.78 is 5.50. The highest BCUT2D eigenvalue weighted by Gasteiger charge is 2.10. The maximum Gasteiger partial charge on any atom is 0.271 e. The zero-order valence-corrected chi connectivity index (χ0v) is 10.4. The second-order valence-electron chi connectivity index (χ2n) is 4.21. The Labute approximate surface area is 114 Å². The fourth-order valence-electron chi connectivity index (χ4n) is 1.85. The van der Waals surface area contributed by atoms with E-state index in [1.54, 1.807) is 12.1 Å². The molecule has 0 radical (unpaired) electrons. The molecule has 0 bridgehead atoms. The van der Waals surface area contributed by atoms with Crippen molar-refractivity contribution < 1.29 is 9.34 Å². The minimum absolute atomic E-state index is 0.00406. The molecule has 0 saturated heterocycles. The molecule has 0 atom stereocenters. The van der Waals surface area contributed by atoms with E-state index in [2.05, 4.69) is 4.98 Å². The molecule has 1 heterocycles. The van der Waals surface area contributed by atoms with Crippen LogP contribution in [0.4, 0.5) is 5.69 Å². The van der Waals surface area contributed by atoms with Gasteiger partial charge in [0.05, 0.1) is 4.92 Å². The van der Waals surface area contributed by atoms with Gasteiger partial charge in [0.25, 0.3) is 5.69 Å². The van der Waals surface area contributed by atoms with Crippen molar-refractivity contribution >= 4 is 28.9 Å². The number of non-ortho nitro benzene ring substituents is 1. The quantitative estimate of drug-likeness (QED) is 0.532. The van der Waals surface area contributed by atoms with Gasteiger partial charge in [0.2, 0.25) is 5.89 Å². The Bertz CT molecular complexity index is 791. The Kier molecular flexibility index (Phi) is 3.01. The SMILES string of the molecule is O=[N+]([O-])c1ccc2oc(/C=C\c3ccccc3)nc2c1. The van der Waals surface area contributed by atoms with Crippen LogP contribution in [0.1, 0.15) is 11.5 Å². The lowest BCUT2D eigenvalue weighted by molar-refractivity contribution is -0.384. The van der Waals surface area contributed by atoms with Gasteiger partial charge in [-0.25, -0.2) is 4.98 Å². The number of hydrogen-bond donors (Lipinski definition) is 0. The van der Waals surface area contributed by atoms with Crippen LogP contribution in [0.25, 0.3) is 23.3 Å². The molecule has 3 aromatic rings. The Morgan fingerprint density at radius 2 is 1.90 bits per heavy atom. The zero-order valence-electron chi connectivity index (χ0n) is 10.4. The van der Waals surface area contributed by atoms with Crippen LogP contribution in [0.3, 0.4) is 0 Å². The lowest BCUT2D eigenvalue weighted by atomic mass is 10.2. The molecule has 5 heteroatoms. The Morgan fingerprint density at radius 3 is 2.65 bits per heavy atom. The molecule has 98 valence electrons. The highest BCUT2D eigenvalue weighted by atomic mass is 16.6. The molecule has 0 aliphatic rings. The molecule has 3 rings (SSSR count). The predicted molar refractivity (Wildman–Crippen MR) is 76.0 cm³/mol. The zero-order chi connectivity index (χ0) is 13.9. The second kappa shape index (κ2) is 4.97. The van der Waals surface area contributed by atoms with Crippen LogP contribution in [0.2, 0.25) is 0 Å². The molecule has 1 aromatic heterocycles. The molecule has 0 spiro atoms. The molecule has 0 saturated carbocycles. The van der Waals surface area contributed by atoms with Crippen LogP contribution in [0, 0.1) is 10.1 Å². The number of nitrogens with zero attached hydrogens (tertiary/aromatic N) is 2. The summed E-state index contributed by atoms with van der Waals surface area (Å²) in [5.74, 6) is 0.421. The van der Waals surface area contributed by atoms with E-state index in [9.17, 15) is 10.1 Å². The lowest BCUT2D eigenvalue weighted by Gasteiger charge is -1.89. The number of benzene rings is 2. The van der Waals surface area contributed by atoms with Crippen LogP contribution >= 0.6 is 0 Å². The summed E-state index contributed by atoms with van der Waals surface area (Å²) in [7, 11) is 0. The van der Waals surface area contributed by atoms with Crippen molar-refractivity contribution in [1.82, 2.24) is 4.98 Å². The number of nitro groups is 1. The summed E-state index contributed by atoms with van der Waals surface area (Å²) in [5, 5.41) is 10.7. The van der Waals surface area contributed by atoms with E-state index in [0.29, 0.717) is 17.0 Å². The van der Waals surface area contributed by atoms with Crippen molar-refractivity contribution in [3.05, 3.63) is 70.1 Å². The number of hydrogen-bond acceptors (Lipinski definition) is 4. The van der Waals surface area contributed by atoms with Gasteiger partial charge in [-0.2, -0.15) is 0 Å². The van der Waals surface area contributed by atoms with Gasteiger partial charge < -0.3 is 4.42 Å². The Hall–Kier alpha value is -2.95. The first-order chi connectivity index (χ1) is 9.72. The minimum Gasteiger partial charge on any atom is -0.437 e. The standard InChI is InChI=1S/C15H10N2O3/c18-17(19)12-7-8-14-13(10-12)16-15(20-14)9-6-11-4-2-1-3-5-11/h1-10H/b9-6-. The smallest absolute Gasteiger partial charge is 0.271 e. The Morgan fingerprint density at radius 1 is 1.10 bits per heavy atom. The van der Waals surface area contributed by atoms with Gasteiger partial charge in [-0.05, 0) is 17.7 Å². The minimum atomic E-state index is -0.451. The Balaban J connectivity index is 1.93. The molecule has 0 fully saturated rings. The monoisotopic (exact) mass is 266 g/mol. The topological polar surface area (TPSA) is 69.2 Å². The predicted octanol–water partition coefficient (Wildman–Crippen LogP) is 3.91. The van der Waals surface area contributed by atoms with Gasteiger partial charge in [-0.15, -0.1) is 0 Å². The molecular formula is C15H10N2O3. The van der Waals surface area contributed by atoms with Gasteiger partial charge in [0, 0.05) is 18.2 Å². The first-order valence-electron chi connectivity index (χ1n) is 6.00. The fourth-order valence-corrected chi connectivity index (χ4v) is 1.85. The summed E-state index contributed by atoms with van der Waals surface area (Å²) in [6.45, 7) is 0. The molecule has 0 aliphatic carbocycles. The van der Waals surface area contributed by atoms with Crippen molar-refractivity contribution in [2.45, 2.75) is 0 Å². The third-order valence-corrected chi connectivity index (χ3v) is 2.82. The average Bonchev–Trinajstić information content (AvgIpc) is 2.88. The molecular weight excluding hydrogens is 256 g/mol. The van der Waals surface area contributed by atoms with Crippen molar-refractivity contribution in [3.63, 3.8) is 0 Å². The maximum absolute atomic E-state index is 10.7. The molecule has 0 amide bonds. The molecule has 2 aromatic carbocycles. The van der Waals surface area contributed by atoms with E-state index in [4.69, 9.17) is 4.42 Å². The van der Waals surface area contributed by atoms with E-state index in [1.165, 1.54) is 12.1 Å². The molecule has 20 heavy (non-hydrogen) atoms. The first-order valence-corrected chi connectivity index (χ1v) is 6.00. The van der Waals surface area contributed by atoms with Gasteiger partial charge in [-0.3, -0.25) is 10.1 Å². The van der Waals surface area contributed by atoms with Crippen molar-refractivity contribution in [2.75, 3.05) is 0 Å². The van der Waals surface area contributed by atoms with Crippen LogP contribution in [0.5, 0.6) is 0 Å². The number of fused-ring (bicyclic) bond motifs is 1. The normalized spacial score (nSPS) is 11.2. The second-order valence-corrected chi connectivity index (χ2v) is 4.21. The van der Waals surface area contributed by atoms with Crippen LogP contribution in [-0.4, -0.2) is 9.91 Å². The van der Waals surface area contributed by atoms with Gasteiger partial charge >= 0.3 is 0 Å². The summed E-state index contributed by atoms with van der Waals surface area (Å²) in [4.78, 5) is 14.5. The van der Waals surface area contributed by atoms with Crippen molar-refractivity contribution in [1.29, 1.82) is 0 Å². The largest absolute Gasteiger partial charge is 0.437 e. The third-order valence-electron chi connectivity index (χ3n) is 2.82. The number of oxazole rings is 1. The third kappa shape index (κ3) is 2.42. The number of rotatable bonds is 3. The van der Waals surface area contributed by atoms with Crippen molar-refractivity contribution in [3.8, 4) is 0 Å². The molecule has 0 aliphatic heterocycles. The van der Waals surface area contributed by atoms with Gasteiger partial charge in [0.15, 0.2) is 5.58 Å². The highest BCUT2D eigenvalue weighted by molar-refractivity contribution is 5.78. The molecule has 0 unspecified atom stereocenters. The van der Waals surface area contributed by atoms with E-state index < -0.39 is 4.92 Å². The molecule has 0 N–H and O–H groups in total. The van der Waals surface area contributed by atoms with Gasteiger partial charge in [-0.1, -0.05) is 30.3 Å². The summed E-state index contributed by atoms with van der Waals surface area (Å²) in [5.41, 5.74) is 2.04. The van der Waals surface area contributed by atoms with E-state index in [-0.39, 0.29) is 5.69 Å². The van der Waals surface area contributed by atoms with Crippen LogP contribution in [0.15, 0.2) is 52.9 Å². The summed E-state index contributed by atoms with van der Waals surface area (Å²) in [6.07, 6.45) is 3.61. The first kappa shape index (κ1) is 12.1. The number of nitro benzene ring substituents is 1. The van der Waals surface area contributed by atoms with Crippen LogP contribution < -0.4 is 0 Å². The van der Waals surface area contributed by atoms with Crippen molar-refractivity contribution in [2.24, 2.45) is 0 Å². The fraction of sp³-hybridized carbons (Fsp3) is 0.